The van der Waals surface area contributed by atoms with Crippen molar-refractivity contribution in [3.8, 4) is 0 Å². The summed E-state index contributed by atoms with van der Waals surface area (Å²) in [7, 11) is 0. The van der Waals surface area contributed by atoms with Gasteiger partial charge in [-0.1, -0.05) is 0 Å². The van der Waals surface area contributed by atoms with Crippen molar-refractivity contribution >= 4 is 11.9 Å². The molecular weight excluding hydrogens is 158 g/mol. The Balaban J connectivity index is 2.21. The molecule has 0 bridgehead atoms. The molecule has 0 saturated carbocycles. The van der Waals surface area contributed by atoms with Crippen LogP contribution in [0.2, 0.25) is 0 Å². The van der Waals surface area contributed by atoms with Crippen molar-refractivity contribution < 1.29 is 14.3 Å². The molecule has 4 nitrogen and oxygen atoms in total. The van der Waals surface area contributed by atoms with Gasteiger partial charge in [0.15, 0.2) is 0 Å². The number of carbonyl (C=O) groups excluding carboxylic acids is 2. The summed E-state index contributed by atoms with van der Waals surface area (Å²) in [5.74, 6) is 0.488. The molecule has 0 saturated heterocycles. The predicted octanol–water partition coefficient (Wildman–Crippen LogP) is 0.445. The second-order valence-electron chi connectivity index (χ2n) is 2.92. The first-order chi connectivity index (χ1) is 5.75. The number of carbonyl (C=O) groups is 2. The zero-order valence-corrected chi connectivity index (χ0v) is 6.55. The van der Waals surface area contributed by atoms with E-state index < -0.39 is 0 Å². The summed E-state index contributed by atoms with van der Waals surface area (Å²) in [6, 6.07) is 0. The van der Waals surface area contributed by atoms with Gasteiger partial charge >= 0.3 is 5.97 Å². The third-order valence-electron chi connectivity index (χ3n) is 2.02. The van der Waals surface area contributed by atoms with Gasteiger partial charge in [-0.25, -0.2) is 0 Å². The molecule has 1 amide bonds. The predicted molar refractivity (Wildman–Crippen MR) is 39.7 cm³/mol. The fourth-order valence-corrected chi connectivity index (χ4v) is 1.41. The molecule has 4 heteroatoms. The fraction of sp³-hybridized carbons (Fsp3) is 0.500. The number of allylic oxidation sites excluding steroid dienone is 2. The smallest absolute Gasteiger partial charge is 0.311 e. The Morgan fingerprint density at radius 3 is 2.75 bits per heavy atom. The van der Waals surface area contributed by atoms with Crippen LogP contribution in [0.15, 0.2) is 11.5 Å². The van der Waals surface area contributed by atoms with E-state index >= 15 is 0 Å². The van der Waals surface area contributed by atoms with Crippen LogP contribution in [0.5, 0.6) is 0 Å². The third kappa shape index (κ3) is 1.20. The Bertz CT molecular complexity index is 252. The average Bonchev–Trinajstić information content (AvgIpc) is 2.05. The minimum absolute atomic E-state index is 0.0201. The van der Waals surface area contributed by atoms with Crippen LogP contribution in [0.1, 0.15) is 25.7 Å². The molecule has 0 aliphatic carbocycles. The lowest BCUT2D eigenvalue weighted by Gasteiger charge is -2.23. The first-order valence-electron chi connectivity index (χ1n) is 3.98. The molecule has 0 atom stereocenters. The van der Waals surface area contributed by atoms with Crippen molar-refractivity contribution in [1.29, 1.82) is 0 Å². The van der Waals surface area contributed by atoms with Crippen LogP contribution >= 0.6 is 0 Å². The van der Waals surface area contributed by atoms with Crippen LogP contribution in [0.4, 0.5) is 0 Å². The minimum Gasteiger partial charge on any atom is -0.429 e. The Hall–Kier alpha value is -1.32. The summed E-state index contributed by atoms with van der Waals surface area (Å²) in [5, 5.41) is 2.70. The lowest BCUT2D eigenvalue weighted by molar-refractivity contribution is -0.142. The zero-order chi connectivity index (χ0) is 8.55. The third-order valence-corrected chi connectivity index (χ3v) is 2.02. The monoisotopic (exact) mass is 167 g/mol. The topological polar surface area (TPSA) is 55.4 Å². The highest BCUT2D eigenvalue weighted by Gasteiger charge is 2.25. The van der Waals surface area contributed by atoms with Crippen LogP contribution in [-0.2, 0) is 14.3 Å². The van der Waals surface area contributed by atoms with E-state index in [0.717, 1.165) is 5.70 Å². The van der Waals surface area contributed by atoms with Gasteiger partial charge in [0.25, 0.3) is 0 Å². The highest BCUT2D eigenvalue weighted by Crippen LogP contribution is 2.24. The van der Waals surface area contributed by atoms with Crippen LogP contribution in [-0.4, -0.2) is 11.9 Å². The van der Waals surface area contributed by atoms with Gasteiger partial charge in [-0.05, 0) is 0 Å². The van der Waals surface area contributed by atoms with Crippen molar-refractivity contribution in [2.24, 2.45) is 0 Å². The van der Waals surface area contributed by atoms with E-state index in [4.69, 9.17) is 4.74 Å². The highest BCUT2D eigenvalue weighted by atomic mass is 16.5. The molecule has 1 N–H and O–H groups in total. The average molecular weight is 167 g/mol. The second-order valence-corrected chi connectivity index (χ2v) is 2.92. The van der Waals surface area contributed by atoms with Crippen molar-refractivity contribution in [1.82, 2.24) is 5.32 Å². The van der Waals surface area contributed by atoms with Crippen molar-refractivity contribution in [2.75, 3.05) is 0 Å². The summed E-state index contributed by atoms with van der Waals surface area (Å²) >= 11 is 0. The van der Waals surface area contributed by atoms with Gasteiger partial charge in [-0.3, -0.25) is 9.59 Å². The molecule has 2 rings (SSSR count). The largest absolute Gasteiger partial charge is 0.429 e. The summed E-state index contributed by atoms with van der Waals surface area (Å²) in [6.07, 6.45) is 1.97. The standard InChI is InChI=1S/C8H9NO3/c10-7-3-2-6-5(9-7)1-4-8(11)12-6/h1-4H2,(H,9,10). The maximum Gasteiger partial charge on any atom is 0.311 e. The van der Waals surface area contributed by atoms with Gasteiger partial charge in [0.05, 0.1) is 12.1 Å². The lowest BCUT2D eigenvalue weighted by atomic mass is 10.1. The molecule has 2 aliphatic heterocycles. The number of esters is 1. The molecule has 0 aromatic rings. The first kappa shape index (κ1) is 7.34. The van der Waals surface area contributed by atoms with E-state index in [2.05, 4.69) is 5.32 Å². The normalized spacial score (nSPS) is 23.0. The van der Waals surface area contributed by atoms with E-state index in [1.165, 1.54) is 0 Å². The van der Waals surface area contributed by atoms with Crippen molar-refractivity contribution in [3.05, 3.63) is 11.5 Å². The van der Waals surface area contributed by atoms with Crippen molar-refractivity contribution in [2.45, 2.75) is 25.7 Å². The van der Waals surface area contributed by atoms with E-state index in [0.29, 0.717) is 31.4 Å². The van der Waals surface area contributed by atoms with Gasteiger partial charge in [0, 0.05) is 19.3 Å². The van der Waals surface area contributed by atoms with Crippen molar-refractivity contribution in [3.63, 3.8) is 0 Å². The Morgan fingerprint density at radius 1 is 1.08 bits per heavy atom. The zero-order valence-electron chi connectivity index (χ0n) is 6.55. The quantitative estimate of drug-likeness (QED) is 0.533. The van der Waals surface area contributed by atoms with Crippen LogP contribution in [0.25, 0.3) is 0 Å². The number of nitrogens with one attached hydrogen (secondary N) is 1. The Labute approximate surface area is 69.6 Å². The van der Waals surface area contributed by atoms with E-state index in [1.54, 1.807) is 0 Å². The molecule has 2 aliphatic rings. The fourth-order valence-electron chi connectivity index (χ4n) is 1.41. The SMILES string of the molecule is O=C1CCC2=C(CCC(=O)O2)N1. The molecule has 64 valence electrons. The van der Waals surface area contributed by atoms with Gasteiger partial charge in [0.2, 0.25) is 5.91 Å². The van der Waals surface area contributed by atoms with Crippen LogP contribution in [0, 0.1) is 0 Å². The van der Waals surface area contributed by atoms with Crippen LogP contribution < -0.4 is 5.32 Å². The molecule has 0 unspecified atom stereocenters. The number of ether oxygens (including phenoxy) is 1. The Kier molecular flexibility index (Phi) is 1.60. The maximum atomic E-state index is 10.9. The van der Waals surface area contributed by atoms with E-state index in [9.17, 15) is 9.59 Å². The number of hydrogen-bond acceptors (Lipinski definition) is 3. The Morgan fingerprint density at radius 2 is 1.92 bits per heavy atom. The van der Waals surface area contributed by atoms with E-state index in [-0.39, 0.29) is 11.9 Å². The van der Waals surface area contributed by atoms with Gasteiger partial charge in [0.1, 0.15) is 5.76 Å². The maximum absolute atomic E-state index is 10.9. The summed E-state index contributed by atoms with van der Waals surface area (Å²) in [4.78, 5) is 21.7. The summed E-state index contributed by atoms with van der Waals surface area (Å²) in [6.45, 7) is 0. The van der Waals surface area contributed by atoms with Gasteiger partial charge in [-0.2, -0.15) is 0 Å². The molecule has 0 fully saturated rings. The van der Waals surface area contributed by atoms with Crippen LogP contribution in [0.3, 0.4) is 0 Å². The molecule has 0 aromatic heterocycles. The molecule has 0 radical (unpaired) electrons. The molecule has 12 heavy (non-hydrogen) atoms. The summed E-state index contributed by atoms with van der Waals surface area (Å²) in [5.41, 5.74) is 0.797. The lowest BCUT2D eigenvalue weighted by Crippen LogP contribution is -2.32. The number of rotatable bonds is 0. The summed E-state index contributed by atoms with van der Waals surface area (Å²) < 4.78 is 4.96. The number of hydrogen-bond donors (Lipinski definition) is 1. The molecular formula is C8H9NO3. The van der Waals surface area contributed by atoms with Gasteiger partial charge < -0.3 is 10.1 Å². The highest BCUT2D eigenvalue weighted by molar-refractivity contribution is 5.81. The van der Waals surface area contributed by atoms with Gasteiger partial charge in [-0.15, -0.1) is 0 Å². The molecule has 0 spiro atoms. The first-order valence-corrected chi connectivity index (χ1v) is 3.98. The molecule has 2 heterocycles. The molecule has 0 aromatic carbocycles. The minimum atomic E-state index is -0.190. The second kappa shape index (κ2) is 2.62. The number of amides is 1. The van der Waals surface area contributed by atoms with E-state index in [1.807, 2.05) is 0 Å².